The number of anilines is 1. The normalized spacial score (nSPS) is 26.9. The van der Waals surface area contributed by atoms with Crippen molar-refractivity contribution < 1.29 is 4.39 Å². The maximum absolute atomic E-state index is 13.5. The standard InChI is InChI=1S/C17H25BrFN/c1-10(2)13-6-5-11(3)7-17(13)20-16-9-14(18)15(19)8-12(16)4/h8-11,13,17,20H,5-7H2,1-4H3. The molecular formula is C17H25BrFN. The summed E-state index contributed by atoms with van der Waals surface area (Å²) in [5.74, 6) is 1.97. The zero-order chi connectivity index (χ0) is 14.9. The van der Waals surface area contributed by atoms with Gasteiger partial charge in [-0.1, -0.05) is 27.2 Å². The highest BCUT2D eigenvalue weighted by Crippen LogP contribution is 2.36. The maximum Gasteiger partial charge on any atom is 0.137 e. The summed E-state index contributed by atoms with van der Waals surface area (Å²) in [6, 6.07) is 3.97. The van der Waals surface area contributed by atoms with E-state index in [0.717, 1.165) is 17.2 Å². The van der Waals surface area contributed by atoms with Crippen LogP contribution in [0.15, 0.2) is 16.6 Å². The lowest BCUT2D eigenvalue weighted by atomic mass is 9.74. The highest BCUT2D eigenvalue weighted by atomic mass is 79.9. The van der Waals surface area contributed by atoms with Crippen molar-refractivity contribution in [3.8, 4) is 0 Å². The molecule has 3 heteroatoms. The molecule has 0 aliphatic heterocycles. The maximum atomic E-state index is 13.5. The fourth-order valence-electron chi connectivity index (χ4n) is 3.37. The van der Waals surface area contributed by atoms with E-state index in [1.165, 1.54) is 19.3 Å². The van der Waals surface area contributed by atoms with Crippen molar-refractivity contribution in [1.82, 2.24) is 0 Å². The van der Waals surface area contributed by atoms with Crippen LogP contribution in [0.3, 0.4) is 0 Å². The minimum absolute atomic E-state index is 0.189. The second-order valence-corrected chi connectivity index (χ2v) is 7.51. The van der Waals surface area contributed by atoms with Crippen LogP contribution in [0.5, 0.6) is 0 Å². The van der Waals surface area contributed by atoms with E-state index >= 15 is 0 Å². The number of aryl methyl sites for hydroxylation is 1. The Kier molecular flexibility index (Phi) is 5.11. The molecule has 1 N–H and O–H groups in total. The third kappa shape index (κ3) is 3.55. The monoisotopic (exact) mass is 341 g/mol. The van der Waals surface area contributed by atoms with Crippen molar-refractivity contribution in [3.05, 3.63) is 28.0 Å². The molecule has 1 aromatic carbocycles. The molecule has 0 aromatic heterocycles. The summed E-state index contributed by atoms with van der Waals surface area (Å²) in [4.78, 5) is 0. The van der Waals surface area contributed by atoms with Crippen LogP contribution in [-0.2, 0) is 0 Å². The topological polar surface area (TPSA) is 12.0 Å². The van der Waals surface area contributed by atoms with Gasteiger partial charge in [-0.2, -0.15) is 0 Å². The predicted octanol–water partition coefficient (Wildman–Crippen LogP) is 5.77. The molecule has 3 atom stereocenters. The largest absolute Gasteiger partial charge is 0.382 e. The average Bonchev–Trinajstić information content (AvgIpc) is 2.35. The molecule has 1 aliphatic rings. The lowest BCUT2D eigenvalue weighted by Crippen LogP contribution is -2.38. The zero-order valence-corrected chi connectivity index (χ0v) is 14.4. The first-order chi connectivity index (χ1) is 9.38. The summed E-state index contributed by atoms with van der Waals surface area (Å²) in [5, 5.41) is 3.68. The predicted molar refractivity (Wildman–Crippen MR) is 87.6 cm³/mol. The summed E-state index contributed by atoms with van der Waals surface area (Å²) in [6.45, 7) is 8.92. The van der Waals surface area contributed by atoms with Crippen LogP contribution in [0.25, 0.3) is 0 Å². The molecule has 1 aliphatic carbocycles. The molecule has 3 unspecified atom stereocenters. The van der Waals surface area contributed by atoms with E-state index < -0.39 is 0 Å². The first-order valence-electron chi connectivity index (χ1n) is 7.60. The number of hydrogen-bond donors (Lipinski definition) is 1. The zero-order valence-electron chi connectivity index (χ0n) is 12.8. The highest BCUT2D eigenvalue weighted by Gasteiger charge is 2.30. The van der Waals surface area contributed by atoms with Crippen molar-refractivity contribution in [3.63, 3.8) is 0 Å². The number of benzene rings is 1. The van der Waals surface area contributed by atoms with Crippen molar-refractivity contribution in [2.45, 2.75) is 53.0 Å². The Morgan fingerprint density at radius 3 is 2.65 bits per heavy atom. The van der Waals surface area contributed by atoms with E-state index in [1.54, 1.807) is 6.07 Å². The smallest absolute Gasteiger partial charge is 0.137 e. The van der Waals surface area contributed by atoms with Crippen LogP contribution in [0.4, 0.5) is 10.1 Å². The molecule has 0 saturated heterocycles. The molecule has 20 heavy (non-hydrogen) atoms. The van der Waals surface area contributed by atoms with Gasteiger partial charge in [-0.15, -0.1) is 0 Å². The van der Waals surface area contributed by atoms with E-state index in [4.69, 9.17) is 0 Å². The van der Waals surface area contributed by atoms with Gasteiger partial charge in [0.2, 0.25) is 0 Å². The quantitative estimate of drug-likeness (QED) is 0.735. The second kappa shape index (κ2) is 6.46. The second-order valence-electron chi connectivity index (χ2n) is 6.66. The van der Waals surface area contributed by atoms with Gasteiger partial charge in [-0.05, 0) is 71.1 Å². The van der Waals surface area contributed by atoms with Gasteiger partial charge in [0.1, 0.15) is 5.82 Å². The van der Waals surface area contributed by atoms with Gasteiger partial charge in [0.15, 0.2) is 0 Å². The van der Waals surface area contributed by atoms with Gasteiger partial charge in [0.05, 0.1) is 4.47 Å². The molecular weight excluding hydrogens is 317 g/mol. The average molecular weight is 342 g/mol. The SMILES string of the molecule is Cc1cc(F)c(Br)cc1NC1CC(C)CCC1C(C)C. The Bertz CT molecular complexity index is 472. The molecule has 1 fully saturated rings. The van der Waals surface area contributed by atoms with Crippen molar-refractivity contribution in [2.24, 2.45) is 17.8 Å². The van der Waals surface area contributed by atoms with Crippen molar-refractivity contribution in [1.29, 1.82) is 0 Å². The molecule has 1 saturated carbocycles. The third-order valence-corrected chi connectivity index (χ3v) is 5.24. The minimum atomic E-state index is -0.189. The lowest BCUT2D eigenvalue weighted by molar-refractivity contribution is 0.212. The molecule has 1 aromatic rings. The summed E-state index contributed by atoms with van der Waals surface area (Å²) < 4.78 is 14.1. The molecule has 0 radical (unpaired) electrons. The number of rotatable bonds is 3. The highest BCUT2D eigenvalue weighted by molar-refractivity contribution is 9.10. The molecule has 0 heterocycles. The first kappa shape index (κ1) is 15.8. The van der Waals surface area contributed by atoms with E-state index in [-0.39, 0.29) is 5.82 Å². The Labute approximate surface area is 130 Å². The Hall–Kier alpha value is -0.570. The van der Waals surface area contributed by atoms with Gasteiger partial charge in [-0.25, -0.2) is 4.39 Å². The molecule has 0 amide bonds. The Balaban J connectivity index is 2.20. The molecule has 112 valence electrons. The Morgan fingerprint density at radius 1 is 1.30 bits per heavy atom. The number of halogens is 2. The van der Waals surface area contributed by atoms with Crippen LogP contribution in [-0.4, -0.2) is 6.04 Å². The molecule has 0 bridgehead atoms. The van der Waals surface area contributed by atoms with E-state index in [9.17, 15) is 4.39 Å². The van der Waals surface area contributed by atoms with Crippen molar-refractivity contribution in [2.75, 3.05) is 5.32 Å². The van der Waals surface area contributed by atoms with Gasteiger partial charge < -0.3 is 5.32 Å². The first-order valence-corrected chi connectivity index (χ1v) is 8.40. The minimum Gasteiger partial charge on any atom is -0.382 e. The molecule has 2 rings (SSSR count). The van der Waals surface area contributed by atoms with E-state index in [1.807, 2.05) is 13.0 Å². The summed E-state index contributed by atoms with van der Waals surface area (Å²) >= 11 is 3.29. The van der Waals surface area contributed by atoms with Gasteiger partial charge in [0, 0.05) is 11.7 Å². The van der Waals surface area contributed by atoms with Gasteiger partial charge in [0.25, 0.3) is 0 Å². The van der Waals surface area contributed by atoms with Gasteiger partial charge in [-0.3, -0.25) is 0 Å². The van der Waals surface area contributed by atoms with E-state index in [2.05, 4.69) is 42.0 Å². The van der Waals surface area contributed by atoms with Crippen LogP contribution in [0.2, 0.25) is 0 Å². The Morgan fingerprint density at radius 2 is 2.00 bits per heavy atom. The van der Waals surface area contributed by atoms with Gasteiger partial charge >= 0.3 is 0 Å². The lowest BCUT2D eigenvalue weighted by Gasteiger charge is -2.38. The van der Waals surface area contributed by atoms with Crippen LogP contribution in [0.1, 0.15) is 45.6 Å². The summed E-state index contributed by atoms with van der Waals surface area (Å²) in [6.07, 6.45) is 3.82. The summed E-state index contributed by atoms with van der Waals surface area (Å²) in [5.41, 5.74) is 2.04. The fraction of sp³-hybridized carbons (Fsp3) is 0.647. The molecule has 0 spiro atoms. The fourth-order valence-corrected chi connectivity index (χ4v) is 3.71. The van der Waals surface area contributed by atoms with Crippen LogP contribution in [0, 0.1) is 30.5 Å². The van der Waals surface area contributed by atoms with E-state index in [0.29, 0.717) is 22.4 Å². The van der Waals surface area contributed by atoms with Crippen LogP contribution < -0.4 is 5.32 Å². The molecule has 1 nitrogen and oxygen atoms in total. The number of nitrogens with one attached hydrogen (secondary N) is 1. The van der Waals surface area contributed by atoms with Crippen LogP contribution >= 0.6 is 15.9 Å². The third-order valence-electron chi connectivity index (χ3n) is 4.63. The summed E-state index contributed by atoms with van der Waals surface area (Å²) in [7, 11) is 0. The number of hydrogen-bond acceptors (Lipinski definition) is 1. The van der Waals surface area contributed by atoms with Crippen molar-refractivity contribution >= 4 is 21.6 Å².